The highest BCUT2D eigenvalue weighted by atomic mass is 35.7. The van der Waals surface area contributed by atoms with E-state index in [4.69, 9.17) is 23.4 Å². The number of fused-ring (bicyclic) bond motifs is 4. The predicted octanol–water partition coefficient (Wildman–Crippen LogP) is -0.0624. The Kier molecular flexibility index (Phi) is 7.86. The number of halogens is 1. The third-order valence-electron chi connectivity index (χ3n) is 7.23. The van der Waals surface area contributed by atoms with E-state index in [1.54, 1.807) is 0 Å². The van der Waals surface area contributed by atoms with E-state index in [0.717, 1.165) is 45.2 Å². The van der Waals surface area contributed by atoms with Crippen LogP contribution < -0.4 is 18.6 Å². The maximum Gasteiger partial charge on any atom is 0.310 e. The minimum Gasteiger partial charge on any atom is -0.462 e. The van der Waals surface area contributed by atoms with Crippen LogP contribution in [0.15, 0.2) is 24.3 Å². The zero-order valence-corrected chi connectivity index (χ0v) is 20.4. The van der Waals surface area contributed by atoms with E-state index < -0.39 is 10.2 Å². The lowest BCUT2D eigenvalue weighted by Crippen LogP contribution is -2.68. The molecular weight excluding hydrogens is 448 g/mol. The van der Waals surface area contributed by atoms with Gasteiger partial charge < -0.3 is 9.72 Å². The number of aromatic nitrogens is 1. The largest absolute Gasteiger partial charge is 0.462 e. The van der Waals surface area contributed by atoms with E-state index in [0.29, 0.717) is 0 Å². The second-order valence-electron chi connectivity index (χ2n) is 8.98. The number of rotatable bonds is 5. The Bertz CT molecular complexity index is 1020. The Balaban J connectivity index is 0.000000555. The fourth-order valence-electron chi connectivity index (χ4n) is 5.35. The summed E-state index contributed by atoms with van der Waals surface area (Å²) in [4.78, 5) is 16.8. The van der Waals surface area contributed by atoms with Crippen molar-refractivity contribution < 1.29 is 43.0 Å². The normalized spacial score (nSPS) is 22.1. The molecule has 0 bridgehead atoms. The summed E-state index contributed by atoms with van der Waals surface area (Å²) < 4.78 is 42.3. The van der Waals surface area contributed by atoms with Crippen LogP contribution in [0, 0.1) is 21.6 Å². The first-order chi connectivity index (χ1) is 15.5. The monoisotopic (exact) mass is 480 g/mol. The fraction of sp³-hybridized carbons (Fsp3) is 0.583. The van der Waals surface area contributed by atoms with Gasteiger partial charge in [-0.25, -0.2) is 23.2 Å². The van der Waals surface area contributed by atoms with Crippen LogP contribution in [0.3, 0.4) is 0 Å². The van der Waals surface area contributed by atoms with Crippen molar-refractivity contribution in [2.75, 3.05) is 13.1 Å². The first-order valence-electron chi connectivity index (χ1n) is 11.6. The first-order valence-corrected chi connectivity index (χ1v) is 12.8. The van der Waals surface area contributed by atoms with Gasteiger partial charge in [-0.15, -0.1) is 10.2 Å². The van der Waals surface area contributed by atoms with Crippen molar-refractivity contribution in [1.29, 1.82) is 0 Å². The molecule has 33 heavy (non-hydrogen) atoms. The number of ether oxygens (including phenoxy) is 1. The molecule has 1 aromatic heterocycles. The van der Waals surface area contributed by atoms with E-state index in [9.17, 15) is 4.79 Å². The summed E-state index contributed by atoms with van der Waals surface area (Å²) >= 11 is 0. The van der Waals surface area contributed by atoms with Crippen molar-refractivity contribution in [1.82, 2.24) is 4.98 Å². The van der Waals surface area contributed by atoms with Crippen molar-refractivity contribution >= 4 is 22.6 Å². The van der Waals surface area contributed by atoms with Gasteiger partial charge >= 0.3 is 5.97 Å². The van der Waals surface area contributed by atoms with Crippen LogP contribution in [0.5, 0.6) is 0 Å². The molecule has 182 valence electrons. The molecule has 3 atom stereocenters. The number of nitrogens with zero attached hydrogens (tertiary/aromatic N) is 1. The van der Waals surface area contributed by atoms with Gasteiger partial charge in [0.15, 0.2) is 0 Å². The van der Waals surface area contributed by atoms with E-state index in [1.165, 1.54) is 27.9 Å². The molecule has 4 rings (SSSR count). The summed E-state index contributed by atoms with van der Waals surface area (Å²) in [7, 11) is -4.94. The summed E-state index contributed by atoms with van der Waals surface area (Å²) in [5.74, 6) is -0.199. The van der Waals surface area contributed by atoms with E-state index in [1.807, 2.05) is 6.92 Å². The Morgan fingerprint density at radius 2 is 1.85 bits per heavy atom. The average Bonchev–Trinajstić information content (AvgIpc) is 3.15. The molecule has 9 heteroatoms. The molecule has 1 aromatic carbocycles. The number of carbonyl (C=O) groups excluding carboxylic acids is 1. The summed E-state index contributed by atoms with van der Waals surface area (Å²) in [6.45, 7) is 10.5. The highest BCUT2D eigenvalue weighted by molar-refractivity contribution is 6.08. The number of hydrogen-bond donors (Lipinski definition) is 1. The molecule has 0 saturated carbocycles. The van der Waals surface area contributed by atoms with Crippen molar-refractivity contribution in [3.8, 4) is 0 Å². The van der Waals surface area contributed by atoms with E-state index in [2.05, 4.69) is 54.6 Å². The molecular formula is C24H33ClN2O6. The van der Waals surface area contributed by atoms with Crippen LogP contribution >= 0.6 is 0 Å². The van der Waals surface area contributed by atoms with Gasteiger partial charge in [-0.2, -0.15) is 0 Å². The Labute approximate surface area is 196 Å². The molecule has 0 saturated heterocycles. The molecule has 2 aliphatic heterocycles. The Hall–Kier alpha value is -1.97. The molecule has 0 radical (unpaired) electrons. The molecule has 0 spiro atoms. The first kappa shape index (κ1) is 25.6. The summed E-state index contributed by atoms with van der Waals surface area (Å²) in [6.07, 6.45) is 5.02. The van der Waals surface area contributed by atoms with Gasteiger partial charge in [0.05, 0.1) is 17.4 Å². The second-order valence-corrected chi connectivity index (χ2v) is 9.73. The third-order valence-corrected chi connectivity index (χ3v) is 7.23. The van der Waals surface area contributed by atoms with Gasteiger partial charge in [0, 0.05) is 23.7 Å². The van der Waals surface area contributed by atoms with Gasteiger partial charge in [-0.3, -0.25) is 4.79 Å². The SMILES string of the molecule is CCC(C)OC(=O)C(C)C1(CC)CCC[N+]2=C1c1[nH]c3ccccc3c1CC2.[O-][Cl+3]([O-])([O-])[O-]. The Morgan fingerprint density at radius 3 is 2.48 bits per heavy atom. The summed E-state index contributed by atoms with van der Waals surface area (Å²) in [5, 5.41) is 1.33. The Morgan fingerprint density at radius 1 is 1.18 bits per heavy atom. The van der Waals surface area contributed by atoms with Crippen LogP contribution in [0.4, 0.5) is 0 Å². The fourth-order valence-corrected chi connectivity index (χ4v) is 5.35. The minimum atomic E-state index is -4.94. The maximum absolute atomic E-state index is 13.1. The lowest BCUT2D eigenvalue weighted by Gasteiger charge is -2.40. The number of hydrogen-bond acceptors (Lipinski definition) is 6. The molecule has 0 amide bonds. The van der Waals surface area contributed by atoms with Crippen LogP contribution in [0.25, 0.3) is 10.9 Å². The van der Waals surface area contributed by atoms with Crippen molar-refractivity contribution in [3.05, 3.63) is 35.5 Å². The molecule has 1 N–H and O–H groups in total. The van der Waals surface area contributed by atoms with Crippen LogP contribution in [0.1, 0.15) is 64.6 Å². The molecule has 0 fully saturated rings. The summed E-state index contributed by atoms with van der Waals surface area (Å²) in [5.41, 5.74) is 5.07. The zero-order chi connectivity index (χ0) is 24.4. The molecule has 8 nitrogen and oxygen atoms in total. The van der Waals surface area contributed by atoms with E-state index in [-0.39, 0.29) is 23.4 Å². The standard InChI is InChI=1S/C24H32N2O2.ClHO4/c1-5-16(3)28-23(27)17(4)24(6-2)13-9-14-26-15-12-19-18-10-7-8-11-20(18)25-21(19)22(24)26;2-1(3,4)5/h7-8,10-11,16-17H,5-6,9,12-15H2,1-4H3;(H,2,3,4,5). The van der Waals surface area contributed by atoms with Gasteiger partial charge in [0.25, 0.3) is 0 Å². The average molecular weight is 481 g/mol. The van der Waals surface area contributed by atoms with Gasteiger partial charge in [0.1, 0.15) is 18.8 Å². The van der Waals surface area contributed by atoms with Crippen molar-refractivity contribution in [2.24, 2.45) is 11.3 Å². The lowest BCUT2D eigenvalue weighted by atomic mass is 9.64. The van der Waals surface area contributed by atoms with Crippen molar-refractivity contribution in [2.45, 2.75) is 65.9 Å². The van der Waals surface area contributed by atoms with Gasteiger partial charge in [0.2, 0.25) is 5.71 Å². The smallest absolute Gasteiger partial charge is 0.310 e. The van der Waals surface area contributed by atoms with Crippen LogP contribution in [-0.4, -0.2) is 40.4 Å². The maximum atomic E-state index is 13.1. The molecule has 3 unspecified atom stereocenters. The molecule has 2 aliphatic rings. The number of benzene rings is 1. The highest BCUT2D eigenvalue weighted by Gasteiger charge is 2.53. The van der Waals surface area contributed by atoms with Gasteiger partial charge in [-0.1, -0.05) is 39.0 Å². The molecule has 3 heterocycles. The van der Waals surface area contributed by atoms with E-state index >= 15 is 0 Å². The topological polar surface area (TPSA) is 137 Å². The number of esters is 1. The molecule has 0 aliphatic carbocycles. The quantitative estimate of drug-likeness (QED) is 0.470. The number of aromatic amines is 1. The van der Waals surface area contributed by atoms with Gasteiger partial charge in [-0.05, 0) is 37.8 Å². The second kappa shape index (κ2) is 10.1. The minimum absolute atomic E-state index is 0.0245. The predicted molar refractivity (Wildman–Crippen MR) is 113 cm³/mol. The lowest BCUT2D eigenvalue weighted by molar-refractivity contribution is -2.00. The van der Waals surface area contributed by atoms with Crippen molar-refractivity contribution in [3.63, 3.8) is 0 Å². The number of para-hydroxylation sites is 1. The number of carbonyl (C=O) groups is 1. The van der Waals surface area contributed by atoms with Crippen LogP contribution in [0.2, 0.25) is 0 Å². The highest BCUT2D eigenvalue weighted by Crippen LogP contribution is 2.45. The third kappa shape index (κ3) is 5.41. The number of H-pyrrole nitrogens is 1. The van der Waals surface area contributed by atoms with Crippen LogP contribution in [-0.2, 0) is 16.0 Å². The zero-order valence-electron chi connectivity index (χ0n) is 19.7. The summed E-state index contributed by atoms with van der Waals surface area (Å²) in [6, 6.07) is 8.59. The number of nitrogens with one attached hydrogen (secondary N) is 1. The molecule has 2 aromatic rings.